The lowest BCUT2D eigenvalue weighted by molar-refractivity contribution is 0.174. The molecule has 0 spiro atoms. The Hall–Kier alpha value is -2.15. The van der Waals surface area contributed by atoms with Crippen LogP contribution >= 0.6 is 0 Å². The summed E-state index contributed by atoms with van der Waals surface area (Å²) in [4.78, 5) is 4.17. The first kappa shape index (κ1) is 14.8. The highest BCUT2D eigenvalue weighted by atomic mass is 19.1. The number of rotatable bonds is 8. The Morgan fingerprint density at radius 1 is 1.41 bits per heavy atom. The number of anilines is 1. The van der Waals surface area contributed by atoms with E-state index in [4.69, 9.17) is 14.0 Å². The summed E-state index contributed by atoms with van der Waals surface area (Å²) in [6.45, 7) is 1.26. The number of hydrogen-bond acceptors (Lipinski definition) is 6. The van der Waals surface area contributed by atoms with Gasteiger partial charge in [0.2, 0.25) is 5.89 Å². The van der Waals surface area contributed by atoms with Crippen LogP contribution in [0.15, 0.2) is 22.7 Å². The Morgan fingerprint density at radius 2 is 2.27 bits per heavy atom. The van der Waals surface area contributed by atoms with E-state index in [1.165, 1.54) is 25.0 Å². The van der Waals surface area contributed by atoms with Crippen molar-refractivity contribution in [1.29, 1.82) is 0 Å². The largest absolute Gasteiger partial charge is 0.491 e. The van der Waals surface area contributed by atoms with Crippen LogP contribution in [0.3, 0.4) is 0 Å². The Balaban J connectivity index is 1.62. The normalized spacial score (nSPS) is 14.1. The first-order valence-electron chi connectivity index (χ1n) is 7.21. The smallest absolute Gasteiger partial charge is 0.246 e. The molecule has 0 amide bonds. The lowest BCUT2D eigenvalue weighted by Gasteiger charge is -2.12. The van der Waals surface area contributed by atoms with Crippen LogP contribution in [0.4, 0.5) is 10.1 Å². The summed E-state index contributed by atoms with van der Waals surface area (Å²) in [6, 6.07) is 4.41. The minimum absolute atomic E-state index is 0.301. The third-order valence-corrected chi connectivity index (χ3v) is 3.33. The molecule has 22 heavy (non-hydrogen) atoms. The van der Waals surface area contributed by atoms with Gasteiger partial charge in [-0.2, -0.15) is 4.98 Å². The van der Waals surface area contributed by atoms with Crippen LogP contribution < -0.4 is 10.1 Å². The second-order valence-electron chi connectivity index (χ2n) is 5.29. The van der Waals surface area contributed by atoms with E-state index in [-0.39, 0.29) is 5.82 Å². The molecule has 0 radical (unpaired) electrons. The summed E-state index contributed by atoms with van der Waals surface area (Å²) >= 11 is 0. The zero-order valence-electron chi connectivity index (χ0n) is 12.3. The first-order chi connectivity index (χ1) is 10.7. The minimum atomic E-state index is -0.323. The Labute approximate surface area is 127 Å². The maximum absolute atomic E-state index is 13.4. The Bertz CT molecular complexity index is 628. The van der Waals surface area contributed by atoms with Crippen molar-refractivity contribution in [2.45, 2.75) is 26.0 Å². The molecule has 1 N–H and O–H groups in total. The maximum Gasteiger partial charge on any atom is 0.246 e. The molecule has 6 nitrogen and oxygen atoms in total. The summed E-state index contributed by atoms with van der Waals surface area (Å²) < 4.78 is 29.1. The number of nitrogens with zero attached hydrogens (tertiary/aromatic N) is 2. The van der Waals surface area contributed by atoms with Gasteiger partial charge in [-0.25, -0.2) is 4.39 Å². The fourth-order valence-corrected chi connectivity index (χ4v) is 1.97. The fourth-order valence-electron chi connectivity index (χ4n) is 1.97. The second kappa shape index (κ2) is 6.74. The molecular weight excluding hydrogens is 289 g/mol. The molecule has 1 aromatic heterocycles. The first-order valence-corrected chi connectivity index (χ1v) is 7.21. The van der Waals surface area contributed by atoms with Gasteiger partial charge in [0.1, 0.15) is 18.2 Å². The highest BCUT2D eigenvalue weighted by molar-refractivity contribution is 5.56. The van der Waals surface area contributed by atoms with Gasteiger partial charge in [0, 0.05) is 13.2 Å². The molecule has 0 unspecified atom stereocenters. The van der Waals surface area contributed by atoms with Gasteiger partial charge in [-0.15, -0.1) is 0 Å². The molecule has 0 bridgehead atoms. The molecule has 1 aliphatic rings. The zero-order chi connectivity index (χ0) is 15.4. The SMILES string of the molecule is COCc1noc(CNc2ccc(F)cc2OCC2CC2)n1. The van der Waals surface area contributed by atoms with Crippen LogP contribution in [0, 0.1) is 11.7 Å². The van der Waals surface area contributed by atoms with Gasteiger partial charge in [0.25, 0.3) is 0 Å². The summed E-state index contributed by atoms with van der Waals surface area (Å²) in [5.74, 6) is 1.71. The molecule has 0 atom stereocenters. The summed E-state index contributed by atoms with van der Waals surface area (Å²) in [5.41, 5.74) is 0.702. The molecular formula is C15H18FN3O3. The van der Waals surface area contributed by atoms with Crippen molar-refractivity contribution in [3.8, 4) is 5.75 Å². The van der Waals surface area contributed by atoms with E-state index in [2.05, 4.69) is 15.5 Å². The molecule has 1 heterocycles. The highest BCUT2D eigenvalue weighted by Gasteiger charge is 2.22. The van der Waals surface area contributed by atoms with Gasteiger partial charge in [-0.05, 0) is 30.9 Å². The van der Waals surface area contributed by atoms with Gasteiger partial charge < -0.3 is 19.3 Å². The molecule has 7 heteroatoms. The van der Waals surface area contributed by atoms with Crippen LogP contribution in [0.5, 0.6) is 5.75 Å². The predicted octanol–water partition coefficient (Wildman–Crippen LogP) is 2.76. The number of hydrogen-bond donors (Lipinski definition) is 1. The molecule has 1 fully saturated rings. The average molecular weight is 307 g/mol. The standard InChI is InChI=1S/C15H18FN3O3/c1-20-9-14-18-15(22-19-14)7-17-12-5-4-11(16)6-13(12)21-8-10-2-3-10/h4-6,10,17H,2-3,7-9H2,1H3. The predicted molar refractivity (Wildman–Crippen MR) is 77.0 cm³/mol. The topological polar surface area (TPSA) is 69.4 Å². The maximum atomic E-state index is 13.4. The highest BCUT2D eigenvalue weighted by Crippen LogP contribution is 2.32. The van der Waals surface area contributed by atoms with Crippen molar-refractivity contribution >= 4 is 5.69 Å². The molecule has 3 rings (SSSR count). The second-order valence-corrected chi connectivity index (χ2v) is 5.29. The van der Waals surface area contributed by atoms with Crippen molar-refractivity contribution in [3.63, 3.8) is 0 Å². The van der Waals surface area contributed by atoms with Crippen LogP contribution in [-0.4, -0.2) is 23.9 Å². The average Bonchev–Trinajstić information content (AvgIpc) is 3.24. The van der Waals surface area contributed by atoms with Crippen molar-refractivity contribution in [2.75, 3.05) is 19.0 Å². The molecule has 0 aliphatic heterocycles. The lowest BCUT2D eigenvalue weighted by Crippen LogP contribution is -2.05. The number of benzene rings is 1. The summed E-state index contributed by atoms with van der Waals surface area (Å²) in [7, 11) is 1.57. The van der Waals surface area contributed by atoms with Gasteiger partial charge in [0.15, 0.2) is 5.82 Å². The van der Waals surface area contributed by atoms with E-state index < -0.39 is 0 Å². The summed E-state index contributed by atoms with van der Waals surface area (Å²) in [6.07, 6.45) is 2.37. The minimum Gasteiger partial charge on any atom is -0.491 e. The Kier molecular flexibility index (Phi) is 4.53. The molecule has 1 aromatic carbocycles. The Morgan fingerprint density at radius 3 is 3.05 bits per heavy atom. The zero-order valence-corrected chi connectivity index (χ0v) is 12.3. The van der Waals surface area contributed by atoms with Crippen molar-refractivity contribution in [2.24, 2.45) is 5.92 Å². The van der Waals surface area contributed by atoms with Gasteiger partial charge in [-0.3, -0.25) is 0 Å². The van der Waals surface area contributed by atoms with E-state index in [0.717, 1.165) is 0 Å². The number of nitrogens with one attached hydrogen (secondary N) is 1. The van der Waals surface area contributed by atoms with E-state index in [0.29, 0.717) is 48.8 Å². The van der Waals surface area contributed by atoms with E-state index in [1.54, 1.807) is 13.2 Å². The van der Waals surface area contributed by atoms with Crippen LogP contribution in [0.2, 0.25) is 0 Å². The third kappa shape index (κ3) is 3.94. The monoisotopic (exact) mass is 307 g/mol. The van der Waals surface area contributed by atoms with E-state index >= 15 is 0 Å². The van der Waals surface area contributed by atoms with Gasteiger partial charge in [-0.1, -0.05) is 5.16 Å². The molecule has 0 saturated heterocycles. The molecule has 1 saturated carbocycles. The van der Waals surface area contributed by atoms with Crippen molar-refractivity contribution < 1.29 is 18.4 Å². The van der Waals surface area contributed by atoms with E-state index in [1.807, 2.05) is 0 Å². The van der Waals surface area contributed by atoms with Crippen LogP contribution in [0.1, 0.15) is 24.6 Å². The molecule has 1 aliphatic carbocycles. The van der Waals surface area contributed by atoms with Gasteiger partial charge in [0.05, 0.1) is 18.8 Å². The fraction of sp³-hybridized carbons (Fsp3) is 0.467. The quantitative estimate of drug-likeness (QED) is 0.808. The third-order valence-electron chi connectivity index (χ3n) is 3.33. The van der Waals surface area contributed by atoms with Gasteiger partial charge >= 0.3 is 0 Å². The number of ether oxygens (including phenoxy) is 2. The number of halogens is 1. The van der Waals surface area contributed by atoms with Crippen molar-refractivity contribution in [3.05, 3.63) is 35.7 Å². The van der Waals surface area contributed by atoms with E-state index in [9.17, 15) is 4.39 Å². The lowest BCUT2D eigenvalue weighted by atomic mass is 10.2. The van der Waals surface area contributed by atoms with Crippen molar-refractivity contribution in [1.82, 2.24) is 10.1 Å². The van der Waals surface area contributed by atoms with Crippen LogP contribution in [0.25, 0.3) is 0 Å². The molecule has 2 aromatic rings. The number of aromatic nitrogens is 2. The molecule has 118 valence electrons. The number of methoxy groups -OCH3 is 1. The van der Waals surface area contributed by atoms with Crippen LogP contribution in [-0.2, 0) is 17.9 Å². The summed E-state index contributed by atoms with van der Waals surface area (Å²) in [5, 5.41) is 6.91.